The van der Waals surface area contributed by atoms with E-state index in [0.717, 1.165) is 13.0 Å². The van der Waals surface area contributed by atoms with Gasteiger partial charge in [-0.3, -0.25) is 4.72 Å². The van der Waals surface area contributed by atoms with Gasteiger partial charge in [0, 0.05) is 16.7 Å². The van der Waals surface area contributed by atoms with Crippen LogP contribution >= 0.6 is 27.5 Å². The number of hydrogen-bond donors (Lipinski definition) is 2. The molecule has 0 bridgehead atoms. The molecule has 0 aromatic heterocycles. The topological polar surface area (TPSA) is 58.2 Å². The molecule has 2 rings (SSSR count). The van der Waals surface area contributed by atoms with Gasteiger partial charge in [0.25, 0.3) is 0 Å². The summed E-state index contributed by atoms with van der Waals surface area (Å²) in [6.45, 7) is 1.39. The summed E-state index contributed by atoms with van der Waals surface area (Å²) in [7, 11) is -3.34. The summed E-state index contributed by atoms with van der Waals surface area (Å²) in [6, 6.07) is 4.97. The molecule has 18 heavy (non-hydrogen) atoms. The second-order valence-electron chi connectivity index (χ2n) is 4.24. The third-order valence-corrected chi connectivity index (χ3v) is 5.88. The van der Waals surface area contributed by atoms with Crippen molar-refractivity contribution in [2.24, 2.45) is 0 Å². The fraction of sp³-hybridized carbons (Fsp3) is 0.455. The van der Waals surface area contributed by atoms with Crippen molar-refractivity contribution in [2.45, 2.75) is 18.1 Å². The van der Waals surface area contributed by atoms with Gasteiger partial charge < -0.3 is 5.32 Å². The molecule has 1 aromatic carbocycles. The highest BCUT2D eigenvalue weighted by atomic mass is 79.9. The zero-order valence-electron chi connectivity index (χ0n) is 9.62. The van der Waals surface area contributed by atoms with E-state index in [4.69, 9.17) is 11.6 Å². The number of sulfonamides is 1. The Morgan fingerprint density at radius 3 is 2.83 bits per heavy atom. The van der Waals surface area contributed by atoms with E-state index in [9.17, 15) is 8.42 Å². The average molecular weight is 354 g/mol. The third-order valence-electron chi connectivity index (χ3n) is 2.87. The lowest BCUT2D eigenvalue weighted by molar-refractivity contribution is 0.499. The Labute approximate surface area is 120 Å². The zero-order valence-corrected chi connectivity index (χ0v) is 12.8. The maximum atomic E-state index is 12.2. The fourth-order valence-corrected chi connectivity index (χ4v) is 3.82. The number of hydrogen-bond acceptors (Lipinski definition) is 3. The number of piperidine rings is 1. The standard InChI is InChI=1S/C11H14BrClN2O2S/c12-10-6-8(3-4-11(10)13)15-18(16,17)9-2-1-5-14-7-9/h3-4,6,9,14-15H,1-2,5,7H2. The lowest BCUT2D eigenvalue weighted by atomic mass is 10.2. The SMILES string of the molecule is O=S(=O)(Nc1ccc(Cl)c(Br)c1)C1CCCNC1. The number of rotatable bonds is 3. The number of benzene rings is 1. The molecule has 0 amide bonds. The van der Waals surface area contributed by atoms with Crippen LogP contribution in [0.1, 0.15) is 12.8 Å². The molecule has 1 aromatic rings. The first-order chi connectivity index (χ1) is 8.49. The van der Waals surface area contributed by atoms with Crippen LogP contribution in [0.5, 0.6) is 0 Å². The fourth-order valence-electron chi connectivity index (χ4n) is 1.89. The Balaban J connectivity index is 2.13. The van der Waals surface area contributed by atoms with Gasteiger partial charge >= 0.3 is 0 Å². The summed E-state index contributed by atoms with van der Waals surface area (Å²) < 4.78 is 27.6. The van der Waals surface area contributed by atoms with E-state index in [-0.39, 0.29) is 5.25 Å². The van der Waals surface area contributed by atoms with Crippen LogP contribution in [-0.4, -0.2) is 26.8 Å². The molecule has 4 nitrogen and oxygen atoms in total. The summed E-state index contributed by atoms with van der Waals surface area (Å²) >= 11 is 9.14. The first-order valence-electron chi connectivity index (χ1n) is 5.66. The third kappa shape index (κ3) is 3.38. The minimum absolute atomic E-state index is 0.374. The van der Waals surface area contributed by atoms with E-state index < -0.39 is 10.0 Å². The van der Waals surface area contributed by atoms with Crippen LogP contribution in [-0.2, 0) is 10.0 Å². The first-order valence-corrected chi connectivity index (χ1v) is 8.38. The van der Waals surface area contributed by atoms with E-state index >= 15 is 0 Å². The average Bonchev–Trinajstić information content (AvgIpc) is 2.35. The van der Waals surface area contributed by atoms with Crippen molar-refractivity contribution in [3.63, 3.8) is 0 Å². The van der Waals surface area contributed by atoms with Crippen molar-refractivity contribution >= 4 is 43.2 Å². The Bertz CT molecular complexity index is 530. The molecule has 0 radical (unpaired) electrons. The molecule has 7 heteroatoms. The first kappa shape index (κ1) is 14.1. The lowest BCUT2D eigenvalue weighted by Crippen LogP contribution is -2.41. The molecule has 1 atom stereocenters. The summed E-state index contributed by atoms with van der Waals surface area (Å²) in [6.07, 6.45) is 1.58. The highest BCUT2D eigenvalue weighted by Crippen LogP contribution is 2.26. The van der Waals surface area contributed by atoms with Crippen LogP contribution < -0.4 is 10.0 Å². The number of anilines is 1. The molecule has 0 saturated carbocycles. The van der Waals surface area contributed by atoms with E-state index in [0.29, 0.717) is 28.1 Å². The molecule has 1 heterocycles. The minimum atomic E-state index is -3.34. The predicted molar refractivity (Wildman–Crippen MR) is 77.6 cm³/mol. The monoisotopic (exact) mass is 352 g/mol. The van der Waals surface area contributed by atoms with Crippen LogP contribution in [0.15, 0.2) is 22.7 Å². The molecule has 1 fully saturated rings. The molecular weight excluding hydrogens is 340 g/mol. The normalized spacial score (nSPS) is 20.7. The smallest absolute Gasteiger partial charge is 0.236 e. The molecule has 1 saturated heterocycles. The summed E-state index contributed by atoms with van der Waals surface area (Å²) in [5, 5.41) is 3.28. The van der Waals surface area contributed by atoms with Gasteiger partial charge in [0.2, 0.25) is 10.0 Å². The Morgan fingerprint density at radius 1 is 1.44 bits per heavy atom. The van der Waals surface area contributed by atoms with Gasteiger partial charge in [-0.15, -0.1) is 0 Å². The largest absolute Gasteiger partial charge is 0.315 e. The van der Waals surface area contributed by atoms with Gasteiger partial charge in [-0.05, 0) is 53.5 Å². The van der Waals surface area contributed by atoms with E-state index in [1.165, 1.54) is 0 Å². The maximum Gasteiger partial charge on any atom is 0.236 e. The molecular formula is C11H14BrClN2O2S. The van der Waals surface area contributed by atoms with Crippen LogP contribution in [0.25, 0.3) is 0 Å². The van der Waals surface area contributed by atoms with Crippen molar-refractivity contribution in [3.05, 3.63) is 27.7 Å². The van der Waals surface area contributed by atoms with E-state index in [1.807, 2.05) is 0 Å². The van der Waals surface area contributed by atoms with Crippen molar-refractivity contribution in [1.82, 2.24) is 5.32 Å². The minimum Gasteiger partial charge on any atom is -0.315 e. The molecule has 1 unspecified atom stereocenters. The summed E-state index contributed by atoms with van der Waals surface area (Å²) in [5.74, 6) is 0. The summed E-state index contributed by atoms with van der Waals surface area (Å²) in [5.41, 5.74) is 0.525. The van der Waals surface area contributed by atoms with Gasteiger partial charge in [-0.25, -0.2) is 8.42 Å². The quantitative estimate of drug-likeness (QED) is 0.878. The molecule has 0 aliphatic carbocycles. The molecule has 100 valence electrons. The van der Waals surface area contributed by atoms with E-state index in [1.54, 1.807) is 18.2 Å². The van der Waals surface area contributed by atoms with Crippen molar-refractivity contribution < 1.29 is 8.42 Å². The van der Waals surface area contributed by atoms with Crippen LogP contribution in [0.4, 0.5) is 5.69 Å². The van der Waals surface area contributed by atoms with Gasteiger partial charge in [0.1, 0.15) is 0 Å². The molecule has 0 spiro atoms. The zero-order chi connectivity index (χ0) is 13.2. The summed E-state index contributed by atoms with van der Waals surface area (Å²) in [4.78, 5) is 0. The highest BCUT2D eigenvalue weighted by Gasteiger charge is 2.27. The van der Waals surface area contributed by atoms with Crippen molar-refractivity contribution in [1.29, 1.82) is 0 Å². The second-order valence-corrected chi connectivity index (χ2v) is 7.47. The Hall–Kier alpha value is -0.300. The van der Waals surface area contributed by atoms with Gasteiger partial charge in [-0.2, -0.15) is 0 Å². The maximum absolute atomic E-state index is 12.2. The number of nitrogens with one attached hydrogen (secondary N) is 2. The van der Waals surface area contributed by atoms with Gasteiger partial charge in [0.05, 0.1) is 10.3 Å². The van der Waals surface area contributed by atoms with Crippen LogP contribution in [0.2, 0.25) is 5.02 Å². The van der Waals surface area contributed by atoms with Gasteiger partial charge in [0.15, 0.2) is 0 Å². The predicted octanol–water partition coefficient (Wildman–Crippen LogP) is 2.60. The van der Waals surface area contributed by atoms with Crippen molar-refractivity contribution in [3.8, 4) is 0 Å². The molecule has 1 aliphatic heterocycles. The number of halogens is 2. The lowest BCUT2D eigenvalue weighted by Gasteiger charge is -2.23. The van der Waals surface area contributed by atoms with Crippen molar-refractivity contribution in [2.75, 3.05) is 17.8 Å². The van der Waals surface area contributed by atoms with Crippen LogP contribution in [0, 0.1) is 0 Å². The van der Waals surface area contributed by atoms with Crippen LogP contribution in [0.3, 0.4) is 0 Å². The molecule has 2 N–H and O–H groups in total. The Kier molecular flexibility index (Phi) is 4.53. The highest BCUT2D eigenvalue weighted by molar-refractivity contribution is 9.10. The molecule has 1 aliphatic rings. The van der Waals surface area contributed by atoms with Gasteiger partial charge in [-0.1, -0.05) is 11.6 Å². The Morgan fingerprint density at radius 2 is 2.22 bits per heavy atom. The second kappa shape index (κ2) is 5.77. The van der Waals surface area contributed by atoms with E-state index in [2.05, 4.69) is 26.0 Å².